The number of carbonyl (C=O) groups is 1. The van der Waals surface area contributed by atoms with Crippen LogP contribution in [-0.2, 0) is 11.2 Å². The number of hydrogen-bond donors (Lipinski definition) is 1. The van der Waals surface area contributed by atoms with E-state index in [4.69, 9.17) is 5.73 Å². The number of amides is 1. The summed E-state index contributed by atoms with van der Waals surface area (Å²) in [5.74, 6) is -1.14. The Hall–Kier alpha value is -2.16. The summed E-state index contributed by atoms with van der Waals surface area (Å²) < 4.78 is 12.9. The molecule has 0 aliphatic carbocycles. The molecule has 0 saturated carbocycles. The van der Waals surface area contributed by atoms with Crippen LogP contribution in [0.25, 0.3) is 0 Å². The Kier molecular flexibility index (Phi) is 3.72. The van der Waals surface area contributed by atoms with Crippen LogP contribution in [0.3, 0.4) is 0 Å². The maximum Gasteiger partial charge on any atom is 0.225 e. The van der Waals surface area contributed by atoms with Gasteiger partial charge in [-0.15, -0.1) is 0 Å². The molecule has 3 heteroatoms. The Morgan fingerprint density at radius 2 is 1.67 bits per heavy atom. The molecule has 0 spiro atoms. The number of carbonyl (C=O) groups excluding carboxylic acids is 1. The SMILES string of the molecule is NC(=O)C(Cc1ccccc1)c1ccc(F)cc1. The molecule has 0 bridgehead atoms. The maximum absolute atomic E-state index is 12.9. The van der Waals surface area contributed by atoms with Crippen molar-refractivity contribution in [3.8, 4) is 0 Å². The topological polar surface area (TPSA) is 43.1 Å². The molecule has 1 unspecified atom stereocenters. The van der Waals surface area contributed by atoms with Gasteiger partial charge in [-0.3, -0.25) is 4.79 Å². The van der Waals surface area contributed by atoms with E-state index in [0.29, 0.717) is 6.42 Å². The second-order valence-electron chi connectivity index (χ2n) is 4.20. The van der Waals surface area contributed by atoms with E-state index >= 15 is 0 Å². The van der Waals surface area contributed by atoms with Gasteiger partial charge in [0.15, 0.2) is 0 Å². The lowest BCUT2D eigenvalue weighted by Gasteiger charge is -2.13. The van der Waals surface area contributed by atoms with Crippen molar-refractivity contribution in [3.05, 3.63) is 71.5 Å². The maximum atomic E-state index is 12.9. The molecule has 0 radical (unpaired) electrons. The van der Waals surface area contributed by atoms with Crippen molar-refractivity contribution in [1.82, 2.24) is 0 Å². The summed E-state index contributed by atoms with van der Waals surface area (Å²) in [5, 5.41) is 0. The zero-order chi connectivity index (χ0) is 13.0. The van der Waals surface area contributed by atoms with Crippen LogP contribution in [0.2, 0.25) is 0 Å². The molecule has 2 N–H and O–H groups in total. The first-order chi connectivity index (χ1) is 8.66. The molecule has 1 atom stereocenters. The van der Waals surface area contributed by atoms with Crippen LogP contribution < -0.4 is 5.73 Å². The minimum atomic E-state index is -0.423. The molecule has 0 aromatic heterocycles. The molecule has 1 amide bonds. The number of hydrogen-bond acceptors (Lipinski definition) is 1. The Morgan fingerprint density at radius 3 is 2.22 bits per heavy atom. The molecule has 0 aliphatic rings. The van der Waals surface area contributed by atoms with Gasteiger partial charge in [0, 0.05) is 0 Å². The zero-order valence-corrected chi connectivity index (χ0v) is 9.84. The molecule has 92 valence electrons. The summed E-state index contributed by atoms with van der Waals surface area (Å²) >= 11 is 0. The van der Waals surface area contributed by atoms with Gasteiger partial charge in [-0.05, 0) is 29.7 Å². The summed E-state index contributed by atoms with van der Waals surface area (Å²) in [4.78, 5) is 11.5. The van der Waals surface area contributed by atoms with Gasteiger partial charge in [0.1, 0.15) is 5.82 Å². The lowest BCUT2D eigenvalue weighted by Crippen LogP contribution is -2.23. The lowest BCUT2D eigenvalue weighted by atomic mass is 9.91. The van der Waals surface area contributed by atoms with Crippen LogP contribution in [0, 0.1) is 5.82 Å². The molecule has 2 aromatic carbocycles. The summed E-state index contributed by atoms with van der Waals surface area (Å²) in [6.45, 7) is 0. The van der Waals surface area contributed by atoms with Crippen molar-refractivity contribution in [2.24, 2.45) is 5.73 Å². The number of benzene rings is 2. The average molecular weight is 243 g/mol. The normalized spacial score (nSPS) is 12.1. The first kappa shape index (κ1) is 12.3. The van der Waals surface area contributed by atoms with Gasteiger partial charge >= 0.3 is 0 Å². The van der Waals surface area contributed by atoms with Crippen molar-refractivity contribution in [2.75, 3.05) is 0 Å². The average Bonchev–Trinajstić information content (AvgIpc) is 2.38. The molecule has 0 fully saturated rings. The molecule has 18 heavy (non-hydrogen) atoms. The molecule has 2 aromatic rings. The molecule has 2 nitrogen and oxygen atoms in total. The van der Waals surface area contributed by atoms with E-state index in [-0.39, 0.29) is 5.82 Å². The van der Waals surface area contributed by atoms with Crippen molar-refractivity contribution in [2.45, 2.75) is 12.3 Å². The Morgan fingerprint density at radius 1 is 1.06 bits per heavy atom. The summed E-state index contributed by atoms with van der Waals surface area (Å²) in [6.07, 6.45) is 0.530. The van der Waals surface area contributed by atoms with E-state index in [2.05, 4.69) is 0 Å². The lowest BCUT2D eigenvalue weighted by molar-refractivity contribution is -0.119. The van der Waals surface area contributed by atoms with Gasteiger partial charge in [-0.25, -0.2) is 4.39 Å². The highest BCUT2D eigenvalue weighted by atomic mass is 19.1. The molecular formula is C15H14FNO. The van der Waals surface area contributed by atoms with Gasteiger partial charge in [0.05, 0.1) is 5.92 Å². The fourth-order valence-corrected chi connectivity index (χ4v) is 1.93. The minimum absolute atomic E-state index is 0.318. The highest BCUT2D eigenvalue weighted by Gasteiger charge is 2.18. The van der Waals surface area contributed by atoms with Gasteiger partial charge in [-0.1, -0.05) is 42.5 Å². The largest absolute Gasteiger partial charge is 0.369 e. The molecular weight excluding hydrogens is 229 g/mol. The quantitative estimate of drug-likeness (QED) is 0.881. The second-order valence-corrected chi connectivity index (χ2v) is 4.20. The highest BCUT2D eigenvalue weighted by molar-refractivity contribution is 5.82. The van der Waals surface area contributed by atoms with Crippen LogP contribution in [-0.4, -0.2) is 5.91 Å². The summed E-state index contributed by atoms with van der Waals surface area (Å²) in [7, 11) is 0. The third-order valence-corrected chi connectivity index (χ3v) is 2.90. The zero-order valence-electron chi connectivity index (χ0n) is 9.84. The minimum Gasteiger partial charge on any atom is -0.369 e. The Balaban J connectivity index is 2.24. The van der Waals surface area contributed by atoms with Crippen LogP contribution in [0.4, 0.5) is 4.39 Å². The number of nitrogens with two attached hydrogens (primary N) is 1. The standard InChI is InChI=1S/C15H14FNO/c16-13-8-6-12(7-9-13)14(15(17)18)10-11-4-2-1-3-5-11/h1-9,14H,10H2,(H2,17,18). The van der Waals surface area contributed by atoms with Crippen molar-refractivity contribution in [1.29, 1.82) is 0 Å². The van der Waals surface area contributed by atoms with Gasteiger partial charge in [0.2, 0.25) is 5.91 Å². The van der Waals surface area contributed by atoms with E-state index in [9.17, 15) is 9.18 Å². The van der Waals surface area contributed by atoms with E-state index in [1.54, 1.807) is 12.1 Å². The second kappa shape index (κ2) is 5.45. The number of primary amides is 1. The third-order valence-electron chi connectivity index (χ3n) is 2.90. The first-order valence-electron chi connectivity index (χ1n) is 5.75. The van der Waals surface area contributed by atoms with Crippen molar-refractivity contribution >= 4 is 5.91 Å². The van der Waals surface area contributed by atoms with Crippen molar-refractivity contribution < 1.29 is 9.18 Å². The van der Waals surface area contributed by atoms with Gasteiger partial charge in [0.25, 0.3) is 0 Å². The molecule has 0 saturated heterocycles. The molecule has 2 rings (SSSR count). The third kappa shape index (κ3) is 2.94. The van der Waals surface area contributed by atoms with E-state index in [1.807, 2.05) is 30.3 Å². The number of halogens is 1. The predicted molar refractivity (Wildman–Crippen MR) is 68.5 cm³/mol. The Bertz CT molecular complexity index is 522. The van der Waals surface area contributed by atoms with E-state index in [1.165, 1.54) is 12.1 Å². The fourth-order valence-electron chi connectivity index (χ4n) is 1.93. The van der Waals surface area contributed by atoms with Crippen LogP contribution in [0.1, 0.15) is 17.0 Å². The summed E-state index contributed by atoms with van der Waals surface area (Å²) in [6, 6.07) is 15.5. The van der Waals surface area contributed by atoms with E-state index in [0.717, 1.165) is 11.1 Å². The first-order valence-corrected chi connectivity index (χ1v) is 5.75. The molecule has 0 aliphatic heterocycles. The van der Waals surface area contributed by atoms with Crippen LogP contribution >= 0.6 is 0 Å². The fraction of sp³-hybridized carbons (Fsp3) is 0.133. The Labute approximate surface area is 105 Å². The molecule has 0 heterocycles. The predicted octanol–water partition coefficient (Wildman–Crippen LogP) is 2.64. The van der Waals surface area contributed by atoms with Gasteiger partial charge in [-0.2, -0.15) is 0 Å². The van der Waals surface area contributed by atoms with Gasteiger partial charge < -0.3 is 5.73 Å². The monoisotopic (exact) mass is 243 g/mol. The van der Waals surface area contributed by atoms with Crippen LogP contribution in [0.5, 0.6) is 0 Å². The summed E-state index contributed by atoms with van der Waals surface area (Å²) in [5.41, 5.74) is 7.20. The van der Waals surface area contributed by atoms with Crippen molar-refractivity contribution in [3.63, 3.8) is 0 Å². The number of rotatable bonds is 4. The highest BCUT2D eigenvalue weighted by Crippen LogP contribution is 2.21. The van der Waals surface area contributed by atoms with Crippen LogP contribution in [0.15, 0.2) is 54.6 Å². The smallest absolute Gasteiger partial charge is 0.225 e. The van der Waals surface area contributed by atoms with E-state index < -0.39 is 11.8 Å².